The van der Waals surface area contributed by atoms with Crippen LogP contribution in [0.3, 0.4) is 0 Å². The minimum absolute atomic E-state index is 0.0628. The lowest BCUT2D eigenvalue weighted by atomic mass is 10.1. The van der Waals surface area contributed by atoms with E-state index in [4.69, 9.17) is 20.8 Å². The molecule has 228 valence electrons. The van der Waals surface area contributed by atoms with Crippen molar-refractivity contribution in [3.8, 4) is 22.9 Å². The SMILES string of the molecule is O=C(NCc1ccccc1-c1ncco1)c1c2n(c(=O)n1-c1ccc(OC3CC3)cc1)CCN(C(=O)c1ccc(Br)c(Cl)c1)C2. The third kappa shape index (κ3) is 5.81. The van der Waals surface area contributed by atoms with Crippen LogP contribution >= 0.6 is 27.5 Å². The van der Waals surface area contributed by atoms with E-state index in [0.717, 1.165) is 24.0 Å². The number of benzene rings is 3. The standard InChI is InChI=1S/C33H27BrClN5O5/c34-26-12-5-20(17-27(26)35)32(42)38-14-15-39-28(19-38)29(40(33(39)43)22-6-8-23(9-7-22)45-24-10-11-24)30(41)37-18-21-3-1-2-4-25(21)31-36-13-16-44-31/h1-9,12-13,16-17,24H,10-11,14-15,18-19H2,(H,37,41). The zero-order valence-electron chi connectivity index (χ0n) is 23.9. The lowest BCUT2D eigenvalue weighted by molar-refractivity contribution is 0.0706. The number of aromatic nitrogens is 3. The van der Waals surface area contributed by atoms with Crippen molar-refractivity contribution >= 4 is 39.3 Å². The van der Waals surface area contributed by atoms with E-state index < -0.39 is 5.91 Å². The maximum Gasteiger partial charge on any atom is 0.333 e. The van der Waals surface area contributed by atoms with Crippen molar-refractivity contribution in [1.29, 1.82) is 0 Å². The Balaban J connectivity index is 1.24. The first-order valence-electron chi connectivity index (χ1n) is 14.5. The molecule has 0 saturated heterocycles. The van der Waals surface area contributed by atoms with E-state index in [0.29, 0.717) is 44.6 Å². The number of halogens is 2. The van der Waals surface area contributed by atoms with Crippen LogP contribution in [0.2, 0.25) is 5.02 Å². The van der Waals surface area contributed by atoms with E-state index in [-0.39, 0.29) is 43.0 Å². The van der Waals surface area contributed by atoms with E-state index in [1.165, 1.54) is 10.8 Å². The fourth-order valence-electron chi connectivity index (χ4n) is 5.47. The predicted molar refractivity (Wildman–Crippen MR) is 171 cm³/mol. The van der Waals surface area contributed by atoms with Gasteiger partial charge in [0.05, 0.1) is 35.2 Å². The number of nitrogens with zero attached hydrogens (tertiary/aromatic N) is 4. The van der Waals surface area contributed by atoms with Crippen molar-refractivity contribution < 1.29 is 18.7 Å². The number of hydrogen-bond donors (Lipinski definition) is 1. The first kappa shape index (κ1) is 29.1. The molecule has 2 aromatic heterocycles. The van der Waals surface area contributed by atoms with Gasteiger partial charge in [0, 0.05) is 35.2 Å². The van der Waals surface area contributed by atoms with Crippen LogP contribution in [0, 0.1) is 0 Å². The van der Waals surface area contributed by atoms with Crippen molar-refractivity contribution in [2.45, 2.75) is 38.6 Å². The maximum atomic E-state index is 14.1. The van der Waals surface area contributed by atoms with Crippen molar-refractivity contribution in [3.05, 3.63) is 122 Å². The predicted octanol–water partition coefficient (Wildman–Crippen LogP) is 5.84. The summed E-state index contributed by atoms with van der Waals surface area (Å²) in [4.78, 5) is 47.4. The van der Waals surface area contributed by atoms with Crippen LogP contribution in [0.1, 0.15) is 44.9 Å². The van der Waals surface area contributed by atoms with Gasteiger partial charge in [0.2, 0.25) is 5.89 Å². The Morgan fingerprint density at radius 3 is 2.60 bits per heavy atom. The Labute approximate surface area is 271 Å². The number of imidazole rings is 1. The molecule has 1 aliphatic carbocycles. The van der Waals surface area contributed by atoms with E-state index in [2.05, 4.69) is 26.2 Å². The lowest BCUT2D eigenvalue weighted by Crippen LogP contribution is -2.41. The Bertz CT molecular complexity index is 1960. The molecule has 0 unspecified atom stereocenters. The highest BCUT2D eigenvalue weighted by atomic mass is 79.9. The van der Waals surface area contributed by atoms with Crippen molar-refractivity contribution in [2.24, 2.45) is 0 Å². The molecular formula is C33H27BrClN5O5. The molecule has 2 aliphatic rings. The third-order valence-corrected chi connectivity index (χ3v) is 9.12. The van der Waals surface area contributed by atoms with E-state index in [1.807, 2.05) is 24.3 Å². The number of carbonyl (C=O) groups is 2. The summed E-state index contributed by atoms with van der Waals surface area (Å²) in [5.41, 5.74) is 2.73. The molecule has 1 fully saturated rings. The molecule has 7 rings (SSSR count). The number of ether oxygens (including phenoxy) is 1. The highest BCUT2D eigenvalue weighted by Gasteiger charge is 2.32. The zero-order chi connectivity index (χ0) is 31.1. The first-order chi connectivity index (χ1) is 21.9. The maximum absolute atomic E-state index is 14.1. The molecule has 1 N–H and O–H groups in total. The summed E-state index contributed by atoms with van der Waals surface area (Å²) >= 11 is 9.63. The summed E-state index contributed by atoms with van der Waals surface area (Å²) in [6.07, 6.45) is 5.34. The molecule has 5 aromatic rings. The van der Waals surface area contributed by atoms with Crippen LogP contribution < -0.4 is 15.7 Å². The van der Waals surface area contributed by atoms with Gasteiger partial charge in [-0.15, -0.1) is 0 Å². The average molecular weight is 689 g/mol. The van der Waals surface area contributed by atoms with Crippen LogP contribution in [0.25, 0.3) is 17.1 Å². The van der Waals surface area contributed by atoms with Gasteiger partial charge in [0.15, 0.2) is 0 Å². The minimum atomic E-state index is -0.456. The lowest BCUT2D eigenvalue weighted by Gasteiger charge is -2.28. The molecule has 45 heavy (non-hydrogen) atoms. The van der Waals surface area contributed by atoms with Gasteiger partial charge in [0.1, 0.15) is 17.7 Å². The van der Waals surface area contributed by atoms with Crippen LogP contribution in [-0.4, -0.2) is 43.5 Å². The van der Waals surface area contributed by atoms with Gasteiger partial charge in [0.25, 0.3) is 11.8 Å². The Hall–Kier alpha value is -4.61. The molecule has 3 heterocycles. The van der Waals surface area contributed by atoms with Crippen molar-refractivity contribution in [2.75, 3.05) is 6.54 Å². The second kappa shape index (κ2) is 12.1. The quantitative estimate of drug-likeness (QED) is 0.220. The van der Waals surface area contributed by atoms with Gasteiger partial charge in [-0.2, -0.15) is 0 Å². The van der Waals surface area contributed by atoms with Crippen molar-refractivity contribution in [1.82, 2.24) is 24.3 Å². The molecule has 2 amide bonds. The van der Waals surface area contributed by atoms with Gasteiger partial charge in [-0.25, -0.2) is 9.78 Å². The monoisotopic (exact) mass is 687 g/mol. The normalized spacial score (nSPS) is 14.2. The van der Waals surface area contributed by atoms with Crippen molar-refractivity contribution in [3.63, 3.8) is 0 Å². The first-order valence-corrected chi connectivity index (χ1v) is 15.7. The number of carbonyl (C=O) groups excluding carboxylic acids is 2. The van der Waals surface area contributed by atoms with Gasteiger partial charge >= 0.3 is 5.69 Å². The summed E-state index contributed by atoms with van der Waals surface area (Å²) in [7, 11) is 0. The summed E-state index contributed by atoms with van der Waals surface area (Å²) in [5.74, 6) is 0.442. The molecule has 0 bridgehead atoms. The number of amides is 2. The Kier molecular flexibility index (Phi) is 7.80. The summed E-state index contributed by atoms with van der Waals surface area (Å²) < 4.78 is 15.1. The topological polar surface area (TPSA) is 112 Å². The van der Waals surface area contributed by atoms with E-state index in [1.54, 1.807) is 58.1 Å². The summed E-state index contributed by atoms with van der Waals surface area (Å²) in [6.45, 7) is 0.743. The molecule has 1 saturated carbocycles. The number of fused-ring (bicyclic) bond motifs is 1. The number of nitrogens with one attached hydrogen (secondary N) is 1. The highest BCUT2D eigenvalue weighted by Crippen LogP contribution is 2.29. The van der Waals surface area contributed by atoms with Gasteiger partial charge in [-0.1, -0.05) is 29.8 Å². The number of oxazole rings is 1. The smallest absolute Gasteiger partial charge is 0.333 e. The molecule has 3 aromatic carbocycles. The summed E-state index contributed by atoms with van der Waals surface area (Å²) in [5, 5.41) is 3.41. The molecule has 1 aliphatic heterocycles. The largest absolute Gasteiger partial charge is 0.490 e. The minimum Gasteiger partial charge on any atom is -0.490 e. The van der Waals surface area contributed by atoms with Gasteiger partial charge in [-0.3, -0.25) is 18.7 Å². The van der Waals surface area contributed by atoms with E-state index >= 15 is 0 Å². The van der Waals surface area contributed by atoms with Gasteiger partial charge in [-0.05, 0) is 82.9 Å². The molecule has 12 heteroatoms. The average Bonchev–Trinajstić information content (AvgIpc) is 3.60. The van der Waals surface area contributed by atoms with Crippen LogP contribution in [0.4, 0.5) is 0 Å². The van der Waals surface area contributed by atoms with Gasteiger partial charge < -0.3 is 19.4 Å². The van der Waals surface area contributed by atoms with Crippen LogP contribution in [-0.2, 0) is 19.6 Å². The van der Waals surface area contributed by atoms with Crippen LogP contribution in [0.15, 0.2) is 92.9 Å². The Morgan fingerprint density at radius 2 is 1.87 bits per heavy atom. The number of hydrogen-bond acceptors (Lipinski definition) is 6. The second-order valence-corrected chi connectivity index (χ2v) is 12.2. The fourth-order valence-corrected chi connectivity index (χ4v) is 5.90. The summed E-state index contributed by atoms with van der Waals surface area (Å²) in [6, 6.07) is 19.6. The second-order valence-electron chi connectivity index (χ2n) is 10.9. The molecular weight excluding hydrogens is 662 g/mol. The Morgan fingerprint density at radius 1 is 1.07 bits per heavy atom. The van der Waals surface area contributed by atoms with Crippen LogP contribution in [0.5, 0.6) is 5.75 Å². The molecule has 10 nitrogen and oxygen atoms in total. The molecule has 0 radical (unpaired) electrons. The van der Waals surface area contributed by atoms with E-state index in [9.17, 15) is 14.4 Å². The highest BCUT2D eigenvalue weighted by molar-refractivity contribution is 9.10. The number of rotatable bonds is 8. The molecule has 0 atom stereocenters. The fraction of sp³-hybridized carbons (Fsp3) is 0.212. The molecule has 0 spiro atoms. The zero-order valence-corrected chi connectivity index (χ0v) is 26.3. The third-order valence-electron chi connectivity index (χ3n) is 7.89.